The lowest BCUT2D eigenvalue weighted by Gasteiger charge is -2.22. The van der Waals surface area contributed by atoms with Crippen LogP contribution in [0, 0.1) is 0 Å². The molecule has 0 aliphatic carbocycles. The molecule has 0 radical (unpaired) electrons. The molecule has 1 aromatic rings. The van der Waals surface area contributed by atoms with E-state index < -0.39 is 0 Å². The summed E-state index contributed by atoms with van der Waals surface area (Å²) < 4.78 is 0. The van der Waals surface area contributed by atoms with Crippen molar-refractivity contribution >= 4 is 11.6 Å². The van der Waals surface area contributed by atoms with Crippen LogP contribution in [-0.4, -0.2) is 23.9 Å². The van der Waals surface area contributed by atoms with Crippen LogP contribution in [-0.2, 0) is 12.0 Å². The fourth-order valence-electron chi connectivity index (χ4n) is 2.00. The lowest BCUT2D eigenvalue weighted by molar-refractivity contribution is 0.281. The second-order valence-electron chi connectivity index (χ2n) is 5.86. The molecular weight excluding hydrogens is 242 g/mol. The Kier molecular flexibility index (Phi) is 6.17. The normalized spacial score (nSPS) is 12.1. The van der Waals surface area contributed by atoms with E-state index in [4.69, 9.17) is 11.6 Å². The molecule has 1 rings (SSSR count). The van der Waals surface area contributed by atoms with E-state index in [-0.39, 0.29) is 5.41 Å². The predicted octanol–water partition coefficient (Wildman–Crippen LogP) is 4.43. The Labute approximate surface area is 117 Å². The first kappa shape index (κ1) is 15.5. The number of rotatable bonds is 6. The van der Waals surface area contributed by atoms with Crippen LogP contribution in [0.4, 0.5) is 0 Å². The quantitative estimate of drug-likeness (QED) is 0.689. The summed E-state index contributed by atoms with van der Waals surface area (Å²) in [5, 5.41) is 0. The third-order valence-electron chi connectivity index (χ3n) is 3.28. The molecule has 0 amide bonds. The summed E-state index contributed by atoms with van der Waals surface area (Å²) >= 11 is 5.75. The number of alkyl halides is 1. The first-order chi connectivity index (χ1) is 8.47. The summed E-state index contributed by atoms with van der Waals surface area (Å²) in [5.41, 5.74) is 3.02. The van der Waals surface area contributed by atoms with Gasteiger partial charge in [0.05, 0.1) is 0 Å². The van der Waals surface area contributed by atoms with Crippen LogP contribution in [0.15, 0.2) is 24.3 Å². The van der Waals surface area contributed by atoms with Gasteiger partial charge in [-0.15, -0.1) is 11.6 Å². The largest absolute Gasteiger partial charge is 0.299 e. The monoisotopic (exact) mass is 267 g/mol. The maximum atomic E-state index is 5.75. The van der Waals surface area contributed by atoms with Crippen LogP contribution in [0.3, 0.4) is 0 Å². The van der Waals surface area contributed by atoms with Crippen molar-refractivity contribution in [1.82, 2.24) is 4.90 Å². The van der Waals surface area contributed by atoms with Crippen LogP contribution >= 0.6 is 11.6 Å². The van der Waals surface area contributed by atoms with Gasteiger partial charge in [-0.1, -0.05) is 52.0 Å². The SMILES string of the molecule is CCN(CCCCl)Cc1ccc(C(C)(C)C)cc1. The molecule has 2 heteroatoms. The van der Waals surface area contributed by atoms with Crippen molar-refractivity contribution in [2.75, 3.05) is 19.0 Å². The third kappa shape index (κ3) is 4.99. The van der Waals surface area contributed by atoms with Crippen LogP contribution in [0.2, 0.25) is 0 Å². The van der Waals surface area contributed by atoms with Crippen molar-refractivity contribution < 1.29 is 0 Å². The zero-order chi connectivity index (χ0) is 13.6. The molecule has 0 saturated carbocycles. The molecule has 0 aliphatic heterocycles. The van der Waals surface area contributed by atoms with Crippen molar-refractivity contribution in [3.05, 3.63) is 35.4 Å². The molecule has 0 unspecified atom stereocenters. The molecule has 0 bridgehead atoms. The van der Waals surface area contributed by atoms with Gasteiger partial charge >= 0.3 is 0 Å². The van der Waals surface area contributed by atoms with E-state index in [1.165, 1.54) is 11.1 Å². The van der Waals surface area contributed by atoms with E-state index in [1.807, 2.05) is 0 Å². The molecular formula is C16H26ClN. The van der Waals surface area contributed by atoms with Crippen molar-refractivity contribution in [2.45, 2.75) is 46.1 Å². The van der Waals surface area contributed by atoms with E-state index in [0.717, 1.165) is 31.9 Å². The van der Waals surface area contributed by atoms with E-state index in [2.05, 4.69) is 56.9 Å². The topological polar surface area (TPSA) is 3.24 Å². The minimum absolute atomic E-state index is 0.238. The number of halogens is 1. The Morgan fingerprint density at radius 2 is 1.72 bits per heavy atom. The predicted molar refractivity (Wildman–Crippen MR) is 81.4 cm³/mol. The number of nitrogens with zero attached hydrogens (tertiary/aromatic N) is 1. The molecule has 0 fully saturated rings. The van der Waals surface area contributed by atoms with Crippen molar-refractivity contribution in [3.63, 3.8) is 0 Å². The lowest BCUT2D eigenvalue weighted by atomic mass is 9.87. The minimum Gasteiger partial charge on any atom is -0.299 e. The third-order valence-corrected chi connectivity index (χ3v) is 3.55. The van der Waals surface area contributed by atoms with Gasteiger partial charge in [0.1, 0.15) is 0 Å². The highest BCUT2D eigenvalue weighted by atomic mass is 35.5. The molecule has 0 saturated heterocycles. The Morgan fingerprint density at radius 3 is 2.17 bits per heavy atom. The standard InChI is InChI=1S/C16H26ClN/c1-5-18(12-6-11-17)13-14-7-9-15(10-8-14)16(2,3)4/h7-10H,5-6,11-13H2,1-4H3. The van der Waals surface area contributed by atoms with E-state index in [1.54, 1.807) is 0 Å². The van der Waals surface area contributed by atoms with Crippen molar-refractivity contribution in [2.24, 2.45) is 0 Å². The average Bonchev–Trinajstić information content (AvgIpc) is 2.34. The number of hydrogen-bond acceptors (Lipinski definition) is 1. The highest BCUT2D eigenvalue weighted by Gasteiger charge is 2.13. The first-order valence-corrected chi connectivity index (χ1v) is 7.38. The second-order valence-corrected chi connectivity index (χ2v) is 6.24. The van der Waals surface area contributed by atoms with E-state index in [0.29, 0.717) is 0 Å². The highest BCUT2D eigenvalue weighted by molar-refractivity contribution is 6.17. The average molecular weight is 268 g/mol. The van der Waals surface area contributed by atoms with Gasteiger partial charge in [-0.3, -0.25) is 4.90 Å². The van der Waals surface area contributed by atoms with Crippen LogP contribution in [0.5, 0.6) is 0 Å². The van der Waals surface area contributed by atoms with E-state index in [9.17, 15) is 0 Å². The van der Waals surface area contributed by atoms with Gasteiger partial charge < -0.3 is 0 Å². The molecule has 0 atom stereocenters. The number of benzene rings is 1. The summed E-state index contributed by atoms with van der Waals surface area (Å²) in [6.07, 6.45) is 1.06. The fourth-order valence-corrected chi connectivity index (χ4v) is 2.12. The first-order valence-electron chi connectivity index (χ1n) is 6.85. The molecule has 0 aliphatic rings. The maximum Gasteiger partial charge on any atom is 0.0235 e. The molecule has 0 N–H and O–H groups in total. The van der Waals surface area contributed by atoms with Crippen molar-refractivity contribution in [1.29, 1.82) is 0 Å². The van der Waals surface area contributed by atoms with E-state index >= 15 is 0 Å². The highest BCUT2D eigenvalue weighted by Crippen LogP contribution is 2.22. The minimum atomic E-state index is 0.238. The van der Waals surface area contributed by atoms with Crippen LogP contribution < -0.4 is 0 Å². The summed E-state index contributed by atoms with van der Waals surface area (Å²) in [5.74, 6) is 0.749. The Balaban J connectivity index is 2.62. The lowest BCUT2D eigenvalue weighted by Crippen LogP contribution is -2.24. The molecule has 1 nitrogen and oxygen atoms in total. The summed E-state index contributed by atoms with van der Waals surface area (Å²) in [4.78, 5) is 2.44. The Hall–Kier alpha value is -0.530. The zero-order valence-electron chi connectivity index (χ0n) is 12.2. The van der Waals surface area contributed by atoms with Gasteiger partial charge in [-0.25, -0.2) is 0 Å². The van der Waals surface area contributed by atoms with Crippen LogP contribution in [0.25, 0.3) is 0 Å². The van der Waals surface area contributed by atoms with Gasteiger partial charge in [-0.2, -0.15) is 0 Å². The molecule has 102 valence electrons. The second kappa shape index (κ2) is 7.16. The number of hydrogen-bond donors (Lipinski definition) is 0. The van der Waals surface area contributed by atoms with Gasteiger partial charge in [0.2, 0.25) is 0 Å². The smallest absolute Gasteiger partial charge is 0.0235 e. The van der Waals surface area contributed by atoms with Gasteiger partial charge in [0.25, 0.3) is 0 Å². The van der Waals surface area contributed by atoms with Gasteiger partial charge in [-0.05, 0) is 36.1 Å². The van der Waals surface area contributed by atoms with Gasteiger partial charge in [0.15, 0.2) is 0 Å². The summed E-state index contributed by atoms with van der Waals surface area (Å²) in [6.45, 7) is 12.1. The maximum absolute atomic E-state index is 5.75. The molecule has 1 aromatic carbocycles. The van der Waals surface area contributed by atoms with Crippen molar-refractivity contribution in [3.8, 4) is 0 Å². The molecule has 18 heavy (non-hydrogen) atoms. The van der Waals surface area contributed by atoms with Crippen LogP contribution in [0.1, 0.15) is 45.2 Å². The summed E-state index contributed by atoms with van der Waals surface area (Å²) in [6, 6.07) is 9.02. The fraction of sp³-hybridized carbons (Fsp3) is 0.625. The molecule has 0 spiro atoms. The van der Waals surface area contributed by atoms with Gasteiger partial charge in [0, 0.05) is 12.4 Å². The Morgan fingerprint density at radius 1 is 1.11 bits per heavy atom. The zero-order valence-corrected chi connectivity index (χ0v) is 12.9. The summed E-state index contributed by atoms with van der Waals surface area (Å²) in [7, 11) is 0. The molecule has 0 aromatic heterocycles. The Bertz CT molecular complexity index is 337. The molecule has 0 heterocycles.